The highest BCUT2D eigenvalue weighted by atomic mass is 16.2. The minimum Gasteiger partial charge on any atom is -0.341 e. The lowest BCUT2D eigenvalue weighted by molar-refractivity contribution is -0.137. The fourth-order valence-corrected chi connectivity index (χ4v) is 2.84. The highest BCUT2D eigenvalue weighted by Gasteiger charge is 2.34. The lowest BCUT2D eigenvalue weighted by Crippen LogP contribution is -2.45. The first-order valence-electron chi connectivity index (χ1n) is 7.90. The van der Waals surface area contributed by atoms with Gasteiger partial charge in [0, 0.05) is 19.0 Å². The van der Waals surface area contributed by atoms with Crippen LogP contribution in [0.1, 0.15) is 43.7 Å². The number of piperidine rings is 1. The first kappa shape index (κ1) is 14.1. The number of nitrogens with zero attached hydrogens (tertiary/aromatic N) is 1. The zero-order valence-electron chi connectivity index (χ0n) is 12.3. The average molecular weight is 286 g/mol. The topological polar surface area (TPSA) is 49.4 Å². The SMILES string of the molecule is O=C(N[C@H](C(=O)N1CCCCC1)c1ccccc1)C1CC1. The van der Waals surface area contributed by atoms with Crippen LogP contribution in [0.3, 0.4) is 0 Å². The van der Waals surface area contributed by atoms with Crippen LogP contribution in [-0.4, -0.2) is 29.8 Å². The summed E-state index contributed by atoms with van der Waals surface area (Å²) in [6.07, 6.45) is 5.21. The predicted molar refractivity (Wildman–Crippen MR) is 80.5 cm³/mol. The van der Waals surface area contributed by atoms with Crippen molar-refractivity contribution < 1.29 is 9.59 Å². The fraction of sp³-hybridized carbons (Fsp3) is 0.529. The summed E-state index contributed by atoms with van der Waals surface area (Å²) in [6.45, 7) is 1.61. The summed E-state index contributed by atoms with van der Waals surface area (Å²) in [7, 11) is 0. The van der Waals surface area contributed by atoms with Crippen LogP contribution < -0.4 is 5.32 Å². The second-order valence-corrected chi connectivity index (χ2v) is 6.01. The van der Waals surface area contributed by atoms with E-state index in [0.717, 1.165) is 44.3 Å². The number of carbonyl (C=O) groups is 2. The number of likely N-dealkylation sites (tertiary alicyclic amines) is 1. The molecule has 0 aromatic heterocycles. The van der Waals surface area contributed by atoms with Crippen molar-refractivity contribution >= 4 is 11.8 Å². The van der Waals surface area contributed by atoms with Crippen molar-refractivity contribution in [2.45, 2.75) is 38.1 Å². The molecule has 1 saturated heterocycles. The zero-order chi connectivity index (χ0) is 14.7. The van der Waals surface area contributed by atoms with Crippen molar-refractivity contribution in [2.24, 2.45) is 5.92 Å². The molecular weight excluding hydrogens is 264 g/mol. The molecule has 1 atom stereocenters. The van der Waals surface area contributed by atoms with Crippen LogP contribution in [-0.2, 0) is 9.59 Å². The van der Waals surface area contributed by atoms with Gasteiger partial charge in [0.1, 0.15) is 6.04 Å². The third kappa shape index (κ3) is 3.43. The maximum Gasteiger partial charge on any atom is 0.249 e. The molecule has 112 valence electrons. The van der Waals surface area contributed by atoms with Crippen LogP contribution in [0, 0.1) is 5.92 Å². The van der Waals surface area contributed by atoms with Gasteiger partial charge in [0.25, 0.3) is 0 Å². The van der Waals surface area contributed by atoms with Crippen molar-refractivity contribution in [2.75, 3.05) is 13.1 Å². The van der Waals surface area contributed by atoms with E-state index in [-0.39, 0.29) is 17.7 Å². The second kappa shape index (κ2) is 6.29. The summed E-state index contributed by atoms with van der Waals surface area (Å²) in [5, 5.41) is 2.96. The number of hydrogen-bond donors (Lipinski definition) is 1. The van der Waals surface area contributed by atoms with Gasteiger partial charge in [-0.25, -0.2) is 0 Å². The Hall–Kier alpha value is -1.84. The normalized spacial score (nSPS) is 19.9. The number of benzene rings is 1. The summed E-state index contributed by atoms with van der Waals surface area (Å²) in [6, 6.07) is 9.05. The Morgan fingerprint density at radius 2 is 1.71 bits per heavy atom. The highest BCUT2D eigenvalue weighted by molar-refractivity contribution is 5.90. The predicted octanol–water partition coefficient (Wildman–Crippen LogP) is 2.27. The molecular formula is C17H22N2O2. The van der Waals surface area contributed by atoms with Crippen LogP contribution >= 0.6 is 0 Å². The molecule has 1 aliphatic carbocycles. The number of rotatable bonds is 4. The van der Waals surface area contributed by atoms with Crippen LogP contribution in [0.4, 0.5) is 0 Å². The lowest BCUT2D eigenvalue weighted by atomic mass is 10.0. The van der Waals surface area contributed by atoms with Crippen LogP contribution in [0.25, 0.3) is 0 Å². The number of amides is 2. The minimum atomic E-state index is -0.530. The lowest BCUT2D eigenvalue weighted by Gasteiger charge is -2.31. The van der Waals surface area contributed by atoms with Gasteiger partial charge in [-0.1, -0.05) is 30.3 Å². The Bertz CT molecular complexity index is 505. The van der Waals surface area contributed by atoms with E-state index >= 15 is 0 Å². The molecule has 0 radical (unpaired) electrons. The largest absolute Gasteiger partial charge is 0.341 e. The van der Waals surface area contributed by atoms with Gasteiger partial charge in [-0.05, 0) is 37.7 Å². The van der Waals surface area contributed by atoms with E-state index < -0.39 is 6.04 Å². The van der Waals surface area contributed by atoms with Crippen molar-refractivity contribution in [3.8, 4) is 0 Å². The monoisotopic (exact) mass is 286 g/mol. The van der Waals surface area contributed by atoms with Gasteiger partial charge in [-0.2, -0.15) is 0 Å². The number of carbonyl (C=O) groups excluding carboxylic acids is 2. The molecule has 21 heavy (non-hydrogen) atoms. The van der Waals surface area contributed by atoms with E-state index in [1.54, 1.807) is 0 Å². The van der Waals surface area contributed by atoms with Crippen molar-refractivity contribution in [1.82, 2.24) is 10.2 Å². The van der Waals surface area contributed by atoms with Gasteiger partial charge in [0.15, 0.2) is 0 Å². The maximum atomic E-state index is 12.8. The fourth-order valence-electron chi connectivity index (χ4n) is 2.84. The molecule has 4 heteroatoms. The third-order valence-electron chi connectivity index (χ3n) is 4.28. The Morgan fingerprint density at radius 1 is 1.05 bits per heavy atom. The van der Waals surface area contributed by atoms with E-state index in [1.807, 2.05) is 35.2 Å². The minimum absolute atomic E-state index is 0.0224. The highest BCUT2D eigenvalue weighted by Crippen LogP contribution is 2.30. The van der Waals surface area contributed by atoms with E-state index in [0.29, 0.717) is 0 Å². The van der Waals surface area contributed by atoms with E-state index in [2.05, 4.69) is 5.32 Å². The van der Waals surface area contributed by atoms with Crippen LogP contribution in [0.15, 0.2) is 30.3 Å². The zero-order valence-corrected chi connectivity index (χ0v) is 12.3. The van der Waals surface area contributed by atoms with E-state index in [1.165, 1.54) is 6.42 Å². The van der Waals surface area contributed by atoms with E-state index in [4.69, 9.17) is 0 Å². The average Bonchev–Trinajstić information content (AvgIpc) is 3.38. The van der Waals surface area contributed by atoms with Crippen LogP contribution in [0.2, 0.25) is 0 Å². The Kier molecular flexibility index (Phi) is 4.23. The van der Waals surface area contributed by atoms with Crippen molar-refractivity contribution in [3.63, 3.8) is 0 Å². The Morgan fingerprint density at radius 3 is 2.33 bits per heavy atom. The van der Waals surface area contributed by atoms with Gasteiger partial charge in [-0.15, -0.1) is 0 Å². The molecule has 3 rings (SSSR count). The van der Waals surface area contributed by atoms with Crippen LogP contribution in [0.5, 0.6) is 0 Å². The first-order valence-corrected chi connectivity index (χ1v) is 7.90. The third-order valence-corrected chi connectivity index (χ3v) is 4.28. The summed E-state index contributed by atoms with van der Waals surface area (Å²) >= 11 is 0. The molecule has 2 aliphatic rings. The standard InChI is InChI=1S/C17H22N2O2/c20-16(14-9-10-14)18-15(13-7-3-1-4-8-13)17(21)19-11-5-2-6-12-19/h1,3-4,7-8,14-15H,2,5-6,9-12H2,(H,18,20)/t15-/m0/s1. The van der Waals surface area contributed by atoms with E-state index in [9.17, 15) is 9.59 Å². The molecule has 1 aromatic rings. The van der Waals surface area contributed by atoms with Crippen molar-refractivity contribution in [3.05, 3.63) is 35.9 Å². The molecule has 1 aliphatic heterocycles. The van der Waals surface area contributed by atoms with Gasteiger partial charge in [0.2, 0.25) is 11.8 Å². The second-order valence-electron chi connectivity index (χ2n) is 6.01. The van der Waals surface area contributed by atoms with Gasteiger partial charge in [-0.3, -0.25) is 9.59 Å². The number of nitrogens with one attached hydrogen (secondary N) is 1. The maximum absolute atomic E-state index is 12.8. The molecule has 1 N–H and O–H groups in total. The molecule has 4 nitrogen and oxygen atoms in total. The quantitative estimate of drug-likeness (QED) is 0.923. The summed E-state index contributed by atoms with van der Waals surface area (Å²) in [4.78, 5) is 26.8. The molecule has 0 spiro atoms. The van der Waals surface area contributed by atoms with Gasteiger partial charge in [0.05, 0.1) is 0 Å². The Balaban J connectivity index is 1.77. The summed E-state index contributed by atoms with van der Waals surface area (Å²) in [5.41, 5.74) is 0.877. The smallest absolute Gasteiger partial charge is 0.249 e. The first-order chi connectivity index (χ1) is 10.3. The Labute approximate surface area is 125 Å². The number of hydrogen-bond acceptors (Lipinski definition) is 2. The molecule has 0 unspecified atom stereocenters. The molecule has 1 aromatic carbocycles. The van der Waals surface area contributed by atoms with Crippen molar-refractivity contribution in [1.29, 1.82) is 0 Å². The summed E-state index contributed by atoms with van der Waals surface area (Å²) < 4.78 is 0. The molecule has 0 bridgehead atoms. The van der Waals surface area contributed by atoms with Gasteiger partial charge >= 0.3 is 0 Å². The molecule has 2 amide bonds. The molecule has 2 fully saturated rings. The van der Waals surface area contributed by atoms with Gasteiger partial charge < -0.3 is 10.2 Å². The molecule has 1 saturated carbocycles. The molecule has 1 heterocycles. The summed E-state index contributed by atoms with van der Waals surface area (Å²) in [5.74, 6) is 0.175.